The highest BCUT2D eigenvalue weighted by Crippen LogP contribution is 2.27. The van der Waals surface area contributed by atoms with Gasteiger partial charge in [0.25, 0.3) is 5.91 Å². The Labute approximate surface area is 188 Å². The van der Waals surface area contributed by atoms with E-state index in [2.05, 4.69) is 20.4 Å². The van der Waals surface area contributed by atoms with Gasteiger partial charge in [0.2, 0.25) is 0 Å². The summed E-state index contributed by atoms with van der Waals surface area (Å²) in [4.78, 5) is 26.5. The van der Waals surface area contributed by atoms with Crippen molar-refractivity contribution in [3.8, 4) is 22.7 Å². The lowest BCUT2D eigenvalue weighted by atomic mass is 10.1. The molecule has 5 aromatic heterocycles. The highest BCUT2D eigenvalue weighted by Gasteiger charge is 2.19. The van der Waals surface area contributed by atoms with E-state index in [1.165, 1.54) is 11.3 Å². The Balaban J connectivity index is 1.44. The quantitative estimate of drug-likeness (QED) is 0.407. The third-order valence-corrected chi connectivity index (χ3v) is 5.85. The normalized spacial score (nSPS) is 11.3. The van der Waals surface area contributed by atoms with Crippen LogP contribution in [0.3, 0.4) is 0 Å². The highest BCUT2D eigenvalue weighted by atomic mass is 32.1. The largest absolute Gasteiger partial charge is 0.463 e. The number of pyridine rings is 2. The third-order valence-electron chi connectivity index (χ3n) is 5.00. The fourth-order valence-electron chi connectivity index (χ4n) is 3.43. The van der Waals surface area contributed by atoms with E-state index in [9.17, 15) is 4.79 Å². The smallest absolute Gasteiger partial charge is 0.252 e. The Morgan fingerprint density at radius 3 is 2.78 bits per heavy atom. The predicted molar refractivity (Wildman–Crippen MR) is 122 cm³/mol. The van der Waals surface area contributed by atoms with Gasteiger partial charge in [0.05, 0.1) is 35.6 Å². The maximum absolute atomic E-state index is 13.2. The van der Waals surface area contributed by atoms with Crippen molar-refractivity contribution < 1.29 is 9.21 Å². The van der Waals surface area contributed by atoms with Crippen LogP contribution < -0.4 is 5.32 Å². The summed E-state index contributed by atoms with van der Waals surface area (Å²) in [5.74, 6) is 0.383. The molecule has 8 nitrogen and oxygen atoms in total. The van der Waals surface area contributed by atoms with Crippen molar-refractivity contribution in [1.82, 2.24) is 30.0 Å². The summed E-state index contributed by atoms with van der Waals surface area (Å²) in [6.45, 7) is 4.37. The van der Waals surface area contributed by atoms with E-state index in [0.717, 1.165) is 16.3 Å². The molecular formula is C23H20N6O2S. The number of carbonyl (C=O) groups excluding carboxylic acids is 1. The van der Waals surface area contributed by atoms with Crippen LogP contribution in [-0.4, -0.2) is 30.6 Å². The molecule has 1 amide bonds. The van der Waals surface area contributed by atoms with E-state index in [-0.39, 0.29) is 11.9 Å². The van der Waals surface area contributed by atoms with E-state index in [1.807, 2.05) is 37.4 Å². The molecule has 1 N–H and O–H groups in total. The summed E-state index contributed by atoms with van der Waals surface area (Å²) < 4.78 is 7.32. The molecule has 160 valence electrons. The number of fused-ring (bicyclic) bond motifs is 1. The molecular weight excluding hydrogens is 424 g/mol. The zero-order valence-electron chi connectivity index (χ0n) is 17.5. The molecule has 32 heavy (non-hydrogen) atoms. The molecule has 9 heteroatoms. The van der Waals surface area contributed by atoms with Crippen LogP contribution in [0.15, 0.2) is 65.0 Å². The molecule has 0 unspecified atom stereocenters. The van der Waals surface area contributed by atoms with E-state index in [4.69, 9.17) is 9.40 Å². The molecule has 0 fully saturated rings. The van der Waals surface area contributed by atoms with E-state index in [1.54, 1.807) is 41.7 Å². The molecule has 0 spiro atoms. The van der Waals surface area contributed by atoms with Gasteiger partial charge in [-0.2, -0.15) is 5.10 Å². The first-order valence-corrected chi connectivity index (χ1v) is 11.0. The van der Waals surface area contributed by atoms with Gasteiger partial charge in [-0.3, -0.25) is 9.78 Å². The van der Waals surface area contributed by atoms with Crippen molar-refractivity contribution in [1.29, 1.82) is 0 Å². The molecule has 0 atom stereocenters. The molecule has 5 rings (SSSR count). The highest BCUT2D eigenvalue weighted by molar-refractivity contribution is 7.09. The summed E-state index contributed by atoms with van der Waals surface area (Å²) in [7, 11) is 0. The molecule has 5 heterocycles. The van der Waals surface area contributed by atoms with Crippen LogP contribution in [-0.2, 0) is 6.54 Å². The van der Waals surface area contributed by atoms with Crippen LogP contribution in [0, 0.1) is 0 Å². The van der Waals surface area contributed by atoms with Gasteiger partial charge in [0, 0.05) is 29.4 Å². The average Bonchev–Trinajstić information content (AvgIpc) is 3.58. The SMILES string of the molecule is CC(C)n1ncc2c(C(=O)NCc3nc(-c4ccncc4)cs3)cc(-c3ccco3)nc21. The van der Waals surface area contributed by atoms with Gasteiger partial charge >= 0.3 is 0 Å². The molecule has 0 saturated carbocycles. The van der Waals surface area contributed by atoms with E-state index < -0.39 is 0 Å². The van der Waals surface area contributed by atoms with Crippen LogP contribution in [0.4, 0.5) is 0 Å². The molecule has 0 bridgehead atoms. The van der Waals surface area contributed by atoms with E-state index in [0.29, 0.717) is 34.6 Å². The first-order chi connectivity index (χ1) is 15.6. The number of hydrogen-bond acceptors (Lipinski definition) is 7. The lowest BCUT2D eigenvalue weighted by Crippen LogP contribution is -2.23. The number of hydrogen-bond donors (Lipinski definition) is 1. The lowest BCUT2D eigenvalue weighted by Gasteiger charge is -2.10. The number of aromatic nitrogens is 5. The van der Waals surface area contributed by atoms with Crippen LogP contribution in [0.2, 0.25) is 0 Å². The Bertz CT molecular complexity index is 1370. The van der Waals surface area contributed by atoms with Gasteiger partial charge in [-0.15, -0.1) is 11.3 Å². The second kappa shape index (κ2) is 8.35. The first-order valence-electron chi connectivity index (χ1n) is 10.2. The zero-order chi connectivity index (χ0) is 22.1. The number of nitrogens with one attached hydrogen (secondary N) is 1. The minimum absolute atomic E-state index is 0.102. The third kappa shape index (κ3) is 3.78. The lowest BCUT2D eigenvalue weighted by molar-refractivity contribution is 0.0952. The van der Waals surface area contributed by atoms with Gasteiger partial charge in [0.1, 0.15) is 10.7 Å². The molecule has 0 aliphatic rings. The van der Waals surface area contributed by atoms with Crippen molar-refractivity contribution in [2.75, 3.05) is 0 Å². The Kier molecular flexibility index (Phi) is 5.24. The summed E-state index contributed by atoms with van der Waals surface area (Å²) in [5, 5.41) is 10.9. The van der Waals surface area contributed by atoms with Crippen molar-refractivity contribution in [2.24, 2.45) is 0 Å². The van der Waals surface area contributed by atoms with Crippen LogP contribution in [0.25, 0.3) is 33.7 Å². The topological polar surface area (TPSA) is 98.7 Å². The number of amides is 1. The van der Waals surface area contributed by atoms with Crippen LogP contribution in [0.1, 0.15) is 35.3 Å². The van der Waals surface area contributed by atoms with Crippen molar-refractivity contribution >= 4 is 28.3 Å². The standard InChI is InChI=1S/C23H20N6O2S/c1-14(2)29-22-17(11-26-29)16(10-18(28-22)20-4-3-9-31-20)23(30)25-12-21-27-19(13-32-21)15-5-7-24-8-6-15/h3-11,13-14H,12H2,1-2H3,(H,25,30). The average molecular weight is 445 g/mol. The van der Waals surface area contributed by atoms with Gasteiger partial charge < -0.3 is 9.73 Å². The minimum Gasteiger partial charge on any atom is -0.463 e. The molecule has 0 aromatic carbocycles. The second-order valence-corrected chi connectivity index (χ2v) is 8.44. The molecule has 0 radical (unpaired) electrons. The Hall–Kier alpha value is -3.85. The maximum atomic E-state index is 13.2. The van der Waals surface area contributed by atoms with Crippen molar-refractivity contribution in [3.63, 3.8) is 0 Å². The number of carbonyl (C=O) groups is 1. The summed E-state index contributed by atoms with van der Waals surface area (Å²) in [6, 6.07) is 9.28. The van der Waals surface area contributed by atoms with Gasteiger partial charge in [-0.1, -0.05) is 0 Å². The zero-order valence-corrected chi connectivity index (χ0v) is 18.3. The van der Waals surface area contributed by atoms with Gasteiger partial charge in [-0.05, 0) is 44.2 Å². The molecule has 0 saturated heterocycles. The Morgan fingerprint density at radius 1 is 1.19 bits per heavy atom. The number of rotatable bonds is 6. The number of furan rings is 1. The van der Waals surface area contributed by atoms with Crippen molar-refractivity contribution in [2.45, 2.75) is 26.4 Å². The maximum Gasteiger partial charge on any atom is 0.252 e. The number of nitrogens with zero attached hydrogens (tertiary/aromatic N) is 5. The van der Waals surface area contributed by atoms with Crippen LogP contribution in [0.5, 0.6) is 0 Å². The molecule has 0 aliphatic carbocycles. The van der Waals surface area contributed by atoms with Gasteiger partial charge in [-0.25, -0.2) is 14.6 Å². The fraction of sp³-hybridized carbons (Fsp3) is 0.174. The van der Waals surface area contributed by atoms with Gasteiger partial charge in [0.15, 0.2) is 11.4 Å². The first kappa shape index (κ1) is 20.1. The monoisotopic (exact) mass is 444 g/mol. The minimum atomic E-state index is -0.214. The molecule has 0 aliphatic heterocycles. The number of thiazole rings is 1. The summed E-state index contributed by atoms with van der Waals surface area (Å²) in [5.41, 5.74) is 3.59. The predicted octanol–water partition coefficient (Wildman–Crippen LogP) is 4.72. The summed E-state index contributed by atoms with van der Waals surface area (Å²) in [6.07, 6.45) is 6.75. The van der Waals surface area contributed by atoms with E-state index >= 15 is 0 Å². The Morgan fingerprint density at radius 2 is 2.03 bits per heavy atom. The fourth-order valence-corrected chi connectivity index (χ4v) is 4.18. The molecule has 5 aromatic rings. The van der Waals surface area contributed by atoms with Crippen LogP contribution >= 0.6 is 11.3 Å². The summed E-state index contributed by atoms with van der Waals surface area (Å²) >= 11 is 1.50. The van der Waals surface area contributed by atoms with Crippen molar-refractivity contribution in [3.05, 3.63) is 71.1 Å². The second-order valence-electron chi connectivity index (χ2n) is 7.50.